The molecule has 0 saturated carbocycles. The van der Waals surface area contributed by atoms with Crippen LogP contribution in [-0.2, 0) is 14.3 Å². The normalized spacial score (nSPS) is 11.1. The summed E-state index contributed by atoms with van der Waals surface area (Å²) in [6.45, 7) is 3.85. The van der Waals surface area contributed by atoms with Gasteiger partial charge in [0.2, 0.25) is 0 Å². The van der Waals surface area contributed by atoms with E-state index in [0.717, 1.165) is 6.42 Å². The number of allylic oxidation sites excluding steroid dienone is 1. The highest BCUT2D eigenvalue weighted by Gasteiger charge is 2.15. The number of ketones is 1. The molecule has 0 aliphatic carbocycles. The van der Waals surface area contributed by atoms with E-state index in [-0.39, 0.29) is 24.5 Å². The van der Waals surface area contributed by atoms with Crippen molar-refractivity contribution < 1.29 is 19.2 Å². The van der Waals surface area contributed by atoms with Crippen LogP contribution in [0.3, 0.4) is 0 Å². The maximum atomic E-state index is 12.1. The molecule has 6 heteroatoms. The van der Waals surface area contributed by atoms with Gasteiger partial charge in [-0.2, -0.15) is 0 Å². The molecule has 0 amide bonds. The Kier molecular flexibility index (Phi) is 6.95. The number of carbonyl (C=O) groups excluding carboxylic acids is 2. The summed E-state index contributed by atoms with van der Waals surface area (Å²) in [6, 6.07) is 5.91. The highest BCUT2D eigenvalue weighted by Crippen LogP contribution is 2.18. The van der Waals surface area contributed by atoms with Crippen LogP contribution >= 0.6 is 0 Å². The Morgan fingerprint density at radius 3 is 2.36 bits per heavy atom. The lowest BCUT2D eigenvalue weighted by atomic mass is 10.0. The summed E-state index contributed by atoms with van der Waals surface area (Å²) in [5, 5.41) is 10.6. The Labute approximate surface area is 128 Å². The van der Waals surface area contributed by atoms with Crippen LogP contribution in [0.25, 0.3) is 6.08 Å². The molecule has 1 rings (SSSR count). The third-order valence-electron chi connectivity index (χ3n) is 2.93. The van der Waals surface area contributed by atoms with Gasteiger partial charge in [0.1, 0.15) is 6.42 Å². The Morgan fingerprint density at radius 1 is 1.23 bits per heavy atom. The number of nitro benzene ring substituents is 1. The number of non-ortho nitro benzene ring substituents is 1. The van der Waals surface area contributed by atoms with Crippen molar-refractivity contribution >= 4 is 23.5 Å². The Balaban J connectivity index is 2.90. The van der Waals surface area contributed by atoms with E-state index < -0.39 is 10.9 Å². The van der Waals surface area contributed by atoms with Crippen molar-refractivity contribution in [3.63, 3.8) is 0 Å². The molecule has 0 fully saturated rings. The number of nitrogens with zero attached hydrogens (tertiary/aromatic N) is 1. The van der Waals surface area contributed by atoms with Crippen LogP contribution in [0.4, 0.5) is 5.69 Å². The lowest BCUT2D eigenvalue weighted by Crippen LogP contribution is -2.13. The van der Waals surface area contributed by atoms with Crippen molar-refractivity contribution in [2.75, 3.05) is 6.61 Å². The highest BCUT2D eigenvalue weighted by molar-refractivity contribution is 6.07. The van der Waals surface area contributed by atoms with Crippen LogP contribution in [0.5, 0.6) is 0 Å². The Morgan fingerprint density at radius 2 is 1.86 bits per heavy atom. The van der Waals surface area contributed by atoms with E-state index in [2.05, 4.69) is 0 Å². The summed E-state index contributed by atoms with van der Waals surface area (Å²) in [5.74, 6) is -0.822. The minimum Gasteiger partial charge on any atom is -0.466 e. The summed E-state index contributed by atoms with van der Waals surface area (Å²) >= 11 is 0. The average molecular weight is 305 g/mol. The van der Waals surface area contributed by atoms with Crippen molar-refractivity contribution in [1.82, 2.24) is 0 Å². The molecule has 0 radical (unpaired) electrons. The van der Waals surface area contributed by atoms with E-state index >= 15 is 0 Å². The summed E-state index contributed by atoms with van der Waals surface area (Å²) < 4.78 is 4.77. The van der Waals surface area contributed by atoms with Gasteiger partial charge in [-0.1, -0.05) is 13.3 Å². The number of nitro groups is 1. The van der Waals surface area contributed by atoms with E-state index in [1.54, 1.807) is 25.1 Å². The van der Waals surface area contributed by atoms with Crippen LogP contribution in [0, 0.1) is 10.1 Å². The largest absolute Gasteiger partial charge is 0.466 e. The van der Waals surface area contributed by atoms with Gasteiger partial charge in [0.15, 0.2) is 5.78 Å². The third-order valence-corrected chi connectivity index (χ3v) is 2.93. The zero-order valence-electron chi connectivity index (χ0n) is 12.7. The predicted molar refractivity (Wildman–Crippen MR) is 82.2 cm³/mol. The fourth-order valence-electron chi connectivity index (χ4n) is 1.91. The molecule has 0 saturated heterocycles. The molecule has 0 spiro atoms. The van der Waals surface area contributed by atoms with Crippen LogP contribution in [0.1, 0.15) is 38.7 Å². The molecule has 0 unspecified atom stereocenters. The number of rotatable bonds is 8. The maximum absolute atomic E-state index is 12.1. The van der Waals surface area contributed by atoms with E-state index in [9.17, 15) is 19.7 Å². The molecule has 1 aromatic rings. The Hall–Kier alpha value is -2.50. The van der Waals surface area contributed by atoms with Gasteiger partial charge < -0.3 is 4.74 Å². The molecule has 0 aromatic heterocycles. The van der Waals surface area contributed by atoms with Crippen molar-refractivity contribution in [1.29, 1.82) is 0 Å². The summed E-state index contributed by atoms with van der Waals surface area (Å²) in [5.41, 5.74) is 1.20. The molecule has 0 aliphatic rings. The van der Waals surface area contributed by atoms with Gasteiger partial charge in [-0.3, -0.25) is 19.7 Å². The van der Waals surface area contributed by atoms with Crippen LogP contribution in [0.15, 0.2) is 29.8 Å². The first-order valence-corrected chi connectivity index (χ1v) is 7.11. The molecule has 0 atom stereocenters. The van der Waals surface area contributed by atoms with E-state index in [1.807, 2.05) is 6.92 Å². The quantitative estimate of drug-likeness (QED) is 0.242. The second kappa shape index (κ2) is 8.71. The second-order valence-corrected chi connectivity index (χ2v) is 4.67. The predicted octanol–water partition coefficient (Wildman–Crippen LogP) is 3.30. The molecule has 118 valence electrons. The fraction of sp³-hybridized carbons (Fsp3) is 0.375. The number of esters is 1. The lowest BCUT2D eigenvalue weighted by Gasteiger charge is -2.06. The minimum absolute atomic E-state index is 0.00737. The van der Waals surface area contributed by atoms with Gasteiger partial charge in [-0.15, -0.1) is 0 Å². The fourth-order valence-corrected chi connectivity index (χ4v) is 1.91. The lowest BCUT2D eigenvalue weighted by molar-refractivity contribution is -0.384. The van der Waals surface area contributed by atoms with Gasteiger partial charge in [-0.05, 0) is 42.7 Å². The molecule has 0 bridgehead atoms. The van der Waals surface area contributed by atoms with Crippen LogP contribution < -0.4 is 0 Å². The summed E-state index contributed by atoms with van der Waals surface area (Å²) in [7, 11) is 0. The maximum Gasteiger partial charge on any atom is 0.313 e. The van der Waals surface area contributed by atoms with Crippen LogP contribution in [0.2, 0.25) is 0 Å². The molecule has 0 aliphatic heterocycles. The minimum atomic E-state index is -0.543. The van der Waals surface area contributed by atoms with E-state index in [4.69, 9.17) is 4.74 Å². The summed E-state index contributed by atoms with van der Waals surface area (Å²) in [6.07, 6.45) is 2.67. The molecule has 0 heterocycles. The van der Waals surface area contributed by atoms with Crippen molar-refractivity contribution in [2.45, 2.75) is 33.1 Å². The number of hydrogen-bond donors (Lipinski definition) is 0. The molecular formula is C16H19NO5. The Bertz CT molecular complexity index is 575. The van der Waals surface area contributed by atoms with Gasteiger partial charge in [0, 0.05) is 12.1 Å². The average Bonchev–Trinajstić information content (AvgIpc) is 2.47. The van der Waals surface area contributed by atoms with Crippen molar-refractivity contribution in [3.05, 3.63) is 45.5 Å². The first-order valence-electron chi connectivity index (χ1n) is 7.11. The highest BCUT2D eigenvalue weighted by atomic mass is 16.6. The van der Waals surface area contributed by atoms with Crippen molar-refractivity contribution in [2.24, 2.45) is 0 Å². The van der Waals surface area contributed by atoms with Gasteiger partial charge in [0.05, 0.1) is 11.5 Å². The number of Topliss-reactive ketones (excluding diaryl/α,β-unsaturated/α-hetero) is 1. The van der Waals surface area contributed by atoms with E-state index in [0.29, 0.717) is 17.6 Å². The molecule has 1 aromatic carbocycles. The summed E-state index contributed by atoms with van der Waals surface area (Å²) in [4.78, 5) is 33.6. The van der Waals surface area contributed by atoms with E-state index in [1.165, 1.54) is 12.1 Å². The first kappa shape index (κ1) is 17.6. The first-order chi connectivity index (χ1) is 10.5. The number of benzene rings is 1. The zero-order valence-corrected chi connectivity index (χ0v) is 12.7. The van der Waals surface area contributed by atoms with Crippen LogP contribution in [-0.4, -0.2) is 23.3 Å². The number of ether oxygens (including phenoxy) is 1. The standard InChI is InChI=1S/C16H19NO5/c1-3-5-13(15(18)11-16(19)22-4-2)10-12-6-8-14(9-7-12)17(20)21/h6-10H,3-5,11H2,1-2H3. The van der Waals surface area contributed by atoms with Crippen molar-refractivity contribution in [3.8, 4) is 0 Å². The second-order valence-electron chi connectivity index (χ2n) is 4.67. The third kappa shape index (κ3) is 5.47. The van der Waals surface area contributed by atoms with Gasteiger partial charge in [-0.25, -0.2) is 0 Å². The number of carbonyl (C=O) groups is 2. The van der Waals surface area contributed by atoms with Gasteiger partial charge in [0.25, 0.3) is 5.69 Å². The molecule has 6 nitrogen and oxygen atoms in total. The topological polar surface area (TPSA) is 86.5 Å². The monoisotopic (exact) mass is 305 g/mol. The van der Waals surface area contributed by atoms with Gasteiger partial charge >= 0.3 is 5.97 Å². The molecule has 0 N–H and O–H groups in total. The molecule has 22 heavy (non-hydrogen) atoms. The zero-order chi connectivity index (χ0) is 16.5. The molecular weight excluding hydrogens is 286 g/mol. The number of hydrogen-bond acceptors (Lipinski definition) is 5. The SMILES string of the molecule is CCCC(=Cc1ccc([N+](=O)[O-])cc1)C(=O)CC(=O)OCC. The smallest absolute Gasteiger partial charge is 0.313 e.